The van der Waals surface area contributed by atoms with Gasteiger partial charge in [-0.25, -0.2) is 4.39 Å². The van der Waals surface area contributed by atoms with Gasteiger partial charge in [0.1, 0.15) is 11.7 Å². The summed E-state index contributed by atoms with van der Waals surface area (Å²) in [5.74, 6) is -0.527. The Labute approximate surface area is 89.0 Å². The molecule has 0 amide bonds. The predicted molar refractivity (Wildman–Crippen MR) is 60.8 cm³/mol. The predicted octanol–water partition coefficient (Wildman–Crippen LogP) is 2.32. The summed E-state index contributed by atoms with van der Waals surface area (Å²) in [5.41, 5.74) is 6.30. The van der Waals surface area contributed by atoms with Crippen LogP contribution in [0.3, 0.4) is 0 Å². The van der Waals surface area contributed by atoms with Crippen LogP contribution in [-0.4, -0.2) is 11.4 Å². The monoisotopic (exact) mass is 209 g/mol. The molecule has 4 N–H and O–H groups in total. The average molecular weight is 209 g/mol. The number of halogens is 1. The summed E-state index contributed by atoms with van der Waals surface area (Å²) in [6.07, 6.45) is 0. The quantitative estimate of drug-likeness (QED) is 0.517. The Morgan fingerprint density at radius 2 is 2.00 bits per heavy atom. The zero-order valence-electron chi connectivity index (χ0n) is 9.19. The highest BCUT2D eigenvalue weighted by atomic mass is 19.1. The molecule has 1 aromatic rings. The van der Waals surface area contributed by atoms with Crippen LogP contribution in [0, 0.1) is 11.2 Å². The molecule has 0 radical (unpaired) electrons. The van der Waals surface area contributed by atoms with Crippen LogP contribution in [0.15, 0.2) is 18.2 Å². The van der Waals surface area contributed by atoms with Crippen molar-refractivity contribution in [3.63, 3.8) is 0 Å². The van der Waals surface area contributed by atoms with Gasteiger partial charge in [-0.05, 0) is 39.0 Å². The molecule has 0 aromatic heterocycles. The molecule has 3 nitrogen and oxygen atoms in total. The van der Waals surface area contributed by atoms with Crippen LogP contribution >= 0.6 is 0 Å². The standard InChI is InChI=1S/C11H16FN3/c1-11(2,3)15-9-5-4-7(12)6-8(9)10(13)14/h4-6,15H,1-3H3,(H3,13,14). The van der Waals surface area contributed by atoms with E-state index in [4.69, 9.17) is 11.1 Å². The summed E-state index contributed by atoms with van der Waals surface area (Å²) in [5, 5.41) is 10.5. The Balaban J connectivity index is 3.12. The minimum absolute atomic E-state index is 0.138. The number of anilines is 1. The van der Waals surface area contributed by atoms with Crippen LogP contribution in [0.25, 0.3) is 0 Å². The lowest BCUT2D eigenvalue weighted by atomic mass is 10.1. The van der Waals surface area contributed by atoms with Crippen molar-refractivity contribution in [2.24, 2.45) is 5.73 Å². The average Bonchev–Trinajstić information content (AvgIpc) is 2.05. The van der Waals surface area contributed by atoms with Crippen LogP contribution in [0.1, 0.15) is 26.3 Å². The van der Waals surface area contributed by atoms with Crippen molar-refractivity contribution in [1.29, 1.82) is 5.41 Å². The third-order valence-electron chi connectivity index (χ3n) is 1.78. The lowest BCUT2D eigenvalue weighted by molar-refractivity contribution is 0.622. The zero-order valence-corrected chi connectivity index (χ0v) is 9.19. The largest absolute Gasteiger partial charge is 0.384 e. The molecule has 0 bridgehead atoms. The lowest BCUT2D eigenvalue weighted by Gasteiger charge is -2.23. The van der Waals surface area contributed by atoms with Gasteiger partial charge in [-0.15, -0.1) is 0 Å². The van der Waals surface area contributed by atoms with Crippen LogP contribution in [-0.2, 0) is 0 Å². The maximum atomic E-state index is 13.0. The Morgan fingerprint density at radius 1 is 1.40 bits per heavy atom. The molecule has 0 saturated carbocycles. The van der Waals surface area contributed by atoms with E-state index in [-0.39, 0.29) is 17.2 Å². The fourth-order valence-corrected chi connectivity index (χ4v) is 1.25. The van der Waals surface area contributed by atoms with E-state index in [1.54, 1.807) is 6.07 Å². The molecule has 15 heavy (non-hydrogen) atoms. The van der Waals surface area contributed by atoms with Gasteiger partial charge in [0.05, 0.1) is 0 Å². The molecule has 0 heterocycles. The molecule has 0 saturated heterocycles. The molecule has 0 unspecified atom stereocenters. The zero-order chi connectivity index (χ0) is 11.6. The Bertz CT molecular complexity index is 380. The molecule has 82 valence electrons. The molecule has 0 atom stereocenters. The molecule has 0 fully saturated rings. The second-order valence-electron chi connectivity index (χ2n) is 4.48. The van der Waals surface area contributed by atoms with Gasteiger partial charge >= 0.3 is 0 Å². The highest BCUT2D eigenvalue weighted by Gasteiger charge is 2.13. The normalized spacial score (nSPS) is 11.2. The van der Waals surface area contributed by atoms with Crippen molar-refractivity contribution in [2.75, 3.05) is 5.32 Å². The van der Waals surface area contributed by atoms with E-state index < -0.39 is 0 Å². The number of hydrogen-bond donors (Lipinski definition) is 3. The minimum atomic E-state index is -0.389. The lowest BCUT2D eigenvalue weighted by Crippen LogP contribution is -2.28. The van der Waals surface area contributed by atoms with Crippen molar-refractivity contribution >= 4 is 11.5 Å². The van der Waals surface area contributed by atoms with Crippen molar-refractivity contribution in [2.45, 2.75) is 26.3 Å². The van der Waals surface area contributed by atoms with Gasteiger partial charge in [-0.3, -0.25) is 5.41 Å². The number of rotatable bonds is 2. The van der Waals surface area contributed by atoms with Gasteiger partial charge in [-0.1, -0.05) is 0 Å². The third kappa shape index (κ3) is 3.23. The highest BCUT2D eigenvalue weighted by Crippen LogP contribution is 2.20. The summed E-state index contributed by atoms with van der Waals surface area (Å²) in [6, 6.07) is 4.20. The molecule has 1 rings (SSSR count). The molecular weight excluding hydrogens is 193 g/mol. The van der Waals surface area contributed by atoms with Gasteiger partial charge in [-0.2, -0.15) is 0 Å². The molecule has 0 spiro atoms. The first-order chi connectivity index (χ1) is 6.79. The number of amidine groups is 1. The summed E-state index contributed by atoms with van der Waals surface area (Å²) in [7, 11) is 0. The SMILES string of the molecule is CC(C)(C)Nc1ccc(F)cc1C(=N)N. The van der Waals surface area contributed by atoms with Gasteiger partial charge in [0, 0.05) is 16.8 Å². The molecule has 0 aliphatic heterocycles. The third-order valence-corrected chi connectivity index (χ3v) is 1.78. The Hall–Kier alpha value is -1.58. The second-order valence-corrected chi connectivity index (χ2v) is 4.48. The summed E-state index contributed by atoms with van der Waals surface area (Å²) < 4.78 is 13.0. The van der Waals surface area contributed by atoms with E-state index >= 15 is 0 Å². The van der Waals surface area contributed by atoms with E-state index in [0.29, 0.717) is 11.3 Å². The minimum Gasteiger partial charge on any atom is -0.384 e. The molecular formula is C11H16FN3. The highest BCUT2D eigenvalue weighted by molar-refractivity contribution is 6.00. The van der Waals surface area contributed by atoms with Crippen LogP contribution in [0.2, 0.25) is 0 Å². The fourth-order valence-electron chi connectivity index (χ4n) is 1.25. The summed E-state index contributed by atoms with van der Waals surface area (Å²) >= 11 is 0. The summed E-state index contributed by atoms with van der Waals surface area (Å²) in [6.45, 7) is 5.96. The number of nitrogens with two attached hydrogens (primary N) is 1. The van der Waals surface area contributed by atoms with Crippen molar-refractivity contribution in [1.82, 2.24) is 0 Å². The van der Waals surface area contributed by atoms with Gasteiger partial charge in [0.2, 0.25) is 0 Å². The van der Waals surface area contributed by atoms with Crippen molar-refractivity contribution in [3.8, 4) is 0 Å². The second kappa shape index (κ2) is 3.88. The molecule has 0 aliphatic carbocycles. The molecule has 1 aromatic carbocycles. The maximum Gasteiger partial charge on any atom is 0.124 e. The first-order valence-corrected chi connectivity index (χ1v) is 4.72. The molecule has 4 heteroatoms. The van der Waals surface area contributed by atoms with Crippen LogP contribution in [0.5, 0.6) is 0 Å². The van der Waals surface area contributed by atoms with E-state index in [2.05, 4.69) is 5.32 Å². The fraction of sp³-hybridized carbons (Fsp3) is 0.364. The van der Waals surface area contributed by atoms with Gasteiger partial charge in [0.15, 0.2) is 0 Å². The number of nitrogen functional groups attached to an aromatic ring is 1. The molecule has 0 aliphatic rings. The van der Waals surface area contributed by atoms with Crippen LogP contribution in [0.4, 0.5) is 10.1 Å². The smallest absolute Gasteiger partial charge is 0.124 e. The van der Waals surface area contributed by atoms with Crippen LogP contribution < -0.4 is 11.1 Å². The summed E-state index contributed by atoms with van der Waals surface area (Å²) in [4.78, 5) is 0. The maximum absolute atomic E-state index is 13.0. The Kier molecular flexibility index (Phi) is 2.98. The van der Waals surface area contributed by atoms with Gasteiger partial charge in [0.25, 0.3) is 0 Å². The van der Waals surface area contributed by atoms with Crippen molar-refractivity contribution < 1.29 is 4.39 Å². The Morgan fingerprint density at radius 3 is 2.47 bits per heavy atom. The first kappa shape index (κ1) is 11.5. The van der Waals surface area contributed by atoms with Gasteiger partial charge < -0.3 is 11.1 Å². The number of nitrogens with one attached hydrogen (secondary N) is 2. The van der Waals surface area contributed by atoms with E-state index in [9.17, 15) is 4.39 Å². The van der Waals surface area contributed by atoms with Crippen molar-refractivity contribution in [3.05, 3.63) is 29.6 Å². The number of benzene rings is 1. The van der Waals surface area contributed by atoms with E-state index in [1.807, 2.05) is 20.8 Å². The van der Waals surface area contributed by atoms with E-state index in [0.717, 1.165) is 0 Å². The van der Waals surface area contributed by atoms with E-state index in [1.165, 1.54) is 12.1 Å². The number of hydrogen-bond acceptors (Lipinski definition) is 2. The topological polar surface area (TPSA) is 61.9 Å². The first-order valence-electron chi connectivity index (χ1n) is 4.72.